The zero-order valence-corrected chi connectivity index (χ0v) is 25.2. The van der Waals surface area contributed by atoms with Crippen molar-refractivity contribution in [3.8, 4) is 12.1 Å². The van der Waals surface area contributed by atoms with Gasteiger partial charge in [0.15, 0.2) is 0 Å². The third kappa shape index (κ3) is 6.74. The van der Waals surface area contributed by atoms with E-state index in [4.69, 9.17) is 14.7 Å². The summed E-state index contributed by atoms with van der Waals surface area (Å²) in [5.74, 6) is -0.708. The maximum Gasteiger partial charge on any atom is 0.318 e. The van der Waals surface area contributed by atoms with Gasteiger partial charge in [0.2, 0.25) is 5.91 Å². The number of amides is 1. The highest BCUT2D eigenvalue weighted by Gasteiger charge is 2.37. The van der Waals surface area contributed by atoms with Crippen molar-refractivity contribution in [2.75, 3.05) is 63.2 Å². The summed E-state index contributed by atoms with van der Waals surface area (Å²) >= 11 is 0. The Balaban J connectivity index is 1.51. The number of anilines is 2. The summed E-state index contributed by atoms with van der Waals surface area (Å²) < 4.78 is 36.1. The van der Waals surface area contributed by atoms with Crippen molar-refractivity contribution in [1.82, 2.24) is 19.8 Å². The summed E-state index contributed by atoms with van der Waals surface area (Å²) in [6.07, 6.45) is 7.19. The topological polar surface area (TPSA) is 88.8 Å². The second-order valence-corrected chi connectivity index (χ2v) is 12.3. The highest BCUT2D eigenvalue weighted by Crippen LogP contribution is 2.39. The molecule has 3 heterocycles. The Hall–Kier alpha value is -3.78. The molecular formula is C32H41F2N7O2. The Kier molecular flexibility index (Phi) is 9.45. The molecule has 1 aromatic heterocycles. The smallest absolute Gasteiger partial charge is 0.318 e. The maximum absolute atomic E-state index is 14.9. The molecule has 0 N–H and O–H groups in total. The molecule has 1 atom stereocenters. The van der Waals surface area contributed by atoms with E-state index in [9.17, 15) is 18.8 Å². The Morgan fingerprint density at radius 1 is 1.16 bits per heavy atom. The maximum atomic E-state index is 14.9. The molecule has 0 spiro atoms. The van der Waals surface area contributed by atoms with Crippen molar-refractivity contribution in [2.45, 2.75) is 57.5 Å². The van der Waals surface area contributed by atoms with Crippen LogP contribution in [0.4, 0.5) is 20.3 Å². The minimum Gasteiger partial charge on any atom is -0.463 e. The minimum absolute atomic E-state index is 0.0106. The number of rotatable bonds is 9. The van der Waals surface area contributed by atoms with E-state index in [2.05, 4.69) is 36.5 Å². The number of halogens is 2. The molecule has 1 saturated heterocycles. The lowest BCUT2D eigenvalue weighted by molar-refractivity contribution is -0.128. The predicted molar refractivity (Wildman–Crippen MR) is 161 cm³/mol. The van der Waals surface area contributed by atoms with Gasteiger partial charge in [-0.2, -0.15) is 15.2 Å². The molecule has 1 aromatic carbocycles. The first-order valence-corrected chi connectivity index (χ1v) is 15.1. The molecule has 9 nitrogen and oxygen atoms in total. The van der Waals surface area contributed by atoms with E-state index in [1.807, 2.05) is 0 Å². The molecule has 5 rings (SSSR count). The second kappa shape index (κ2) is 13.2. The fraction of sp³-hybridized carbons (Fsp3) is 0.562. The van der Waals surface area contributed by atoms with Crippen molar-refractivity contribution in [3.63, 3.8) is 0 Å². The molecule has 2 aromatic rings. The summed E-state index contributed by atoms with van der Waals surface area (Å²) in [7, 11) is 4.14. The molecule has 1 amide bonds. The first-order chi connectivity index (χ1) is 20.7. The van der Waals surface area contributed by atoms with Gasteiger partial charge in [-0.1, -0.05) is 25.5 Å². The number of hydrogen-bond acceptors (Lipinski definition) is 8. The largest absolute Gasteiger partial charge is 0.463 e. The number of ether oxygens (including phenoxy) is 1. The van der Waals surface area contributed by atoms with E-state index in [1.165, 1.54) is 24.3 Å². The number of nitriles is 1. The van der Waals surface area contributed by atoms with Crippen LogP contribution < -0.4 is 14.5 Å². The van der Waals surface area contributed by atoms with Crippen LogP contribution in [-0.2, 0) is 17.8 Å². The fourth-order valence-electron chi connectivity index (χ4n) is 6.99. The van der Waals surface area contributed by atoms with Gasteiger partial charge in [-0.05, 0) is 58.0 Å². The molecule has 0 bridgehead atoms. The summed E-state index contributed by atoms with van der Waals surface area (Å²) in [6, 6.07) is 6.05. The molecule has 11 heteroatoms. The second-order valence-electron chi connectivity index (χ2n) is 12.3. The van der Waals surface area contributed by atoms with Crippen LogP contribution in [0.5, 0.6) is 6.01 Å². The summed E-state index contributed by atoms with van der Waals surface area (Å²) in [4.78, 5) is 30.0. The number of carbonyl (C=O) groups excluding carboxylic acids is 1. The third-order valence-electron chi connectivity index (χ3n) is 8.89. The first-order valence-electron chi connectivity index (χ1n) is 15.1. The van der Waals surface area contributed by atoms with Crippen LogP contribution in [0, 0.1) is 28.4 Å². The van der Waals surface area contributed by atoms with Crippen LogP contribution >= 0.6 is 0 Å². The Morgan fingerprint density at radius 2 is 1.91 bits per heavy atom. The Labute approximate surface area is 252 Å². The van der Waals surface area contributed by atoms with Gasteiger partial charge in [-0.3, -0.25) is 4.79 Å². The lowest BCUT2D eigenvalue weighted by atomic mass is 9.87. The predicted octanol–water partition coefficient (Wildman–Crippen LogP) is 4.33. The minimum atomic E-state index is -0.608. The van der Waals surface area contributed by atoms with Crippen LogP contribution in [0.3, 0.4) is 0 Å². The Morgan fingerprint density at radius 3 is 2.58 bits per heavy atom. The monoisotopic (exact) mass is 593 g/mol. The average molecular weight is 594 g/mol. The van der Waals surface area contributed by atoms with Crippen LogP contribution in [-0.4, -0.2) is 85.1 Å². The van der Waals surface area contributed by atoms with E-state index in [0.717, 1.165) is 37.8 Å². The van der Waals surface area contributed by atoms with Crippen LogP contribution in [0.1, 0.15) is 49.8 Å². The molecule has 230 valence electrons. The molecular weight excluding hydrogens is 552 g/mol. The van der Waals surface area contributed by atoms with Crippen molar-refractivity contribution in [1.29, 1.82) is 5.26 Å². The molecule has 3 aliphatic rings. The van der Waals surface area contributed by atoms with Gasteiger partial charge >= 0.3 is 6.01 Å². The number of aromatic nitrogens is 2. The van der Waals surface area contributed by atoms with Crippen LogP contribution in [0.15, 0.2) is 30.9 Å². The van der Waals surface area contributed by atoms with E-state index < -0.39 is 11.6 Å². The molecule has 2 aliphatic heterocycles. The molecule has 0 radical (unpaired) electrons. The molecule has 43 heavy (non-hydrogen) atoms. The van der Waals surface area contributed by atoms with E-state index >= 15 is 0 Å². The van der Waals surface area contributed by atoms with E-state index in [1.54, 1.807) is 9.80 Å². The quantitative estimate of drug-likeness (QED) is 0.397. The van der Waals surface area contributed by atoms with Crippen LogP contribution in [0.2, 0.25) is 0 Å². The summed E-state index contributed by atoms with van der Waals surface area (Å²) in [5, 5.41) is 9.52. The standard InChI is InChI=1S/C32H41F2N7O2/c1-4-28(42)41-18-17-40(19-23(41)12-15-35)30-24-9-8-16-39(29-25(33)10-7-11-26(29)34)20-27(24)36-31(37-30)43-22-32(21-38(2)3)13-5-6-14-32/h4,7,10-11,23H,1,5-6,8-9,12-14,16-22H2,2-3H3/t23-/m0/s1. The number of piperazine rings is 1. The van der Waals surface area contributed by atoms with Gasteiger partial charge in [-0.25, -0.2) is 8.78 Å². The summed E-state index contributed by atoms with van der Waals surface area (Å²) in [6.45, 7) is 7.02. The fourth-order valence-corrected chi connectivity index (χ4v) is 6.99. The average Bonchev–Trinajstić information content (AvgIpc) is 3.33. The van der Waals surface area contributed by atoms with Gasteiger partial charge < -0.3 is 24.3 Å². The SMILES string of the molecule is C=CC(=O)N1CCN(c2nc(OCC3(CN(C)C)CCCC3)nc3c2CCCN(c2c(F)cccc2F)C3)C[C@@H]1CC#N. The lowest BCUT2D eigenvalue weighted by Gasteiger charge is -2.41. The molecule has 1 saturated carbocycles. The van der Waals surface area contributed by atoms with Gasteiger partial charge in [-0.15, -0.1) is 0 Å². The number of nitrogens with zero attached hydrogens (tertiary/aromatic N) is 7. The lowest BCUT2D eigenvalue weighted by Crippen LogP contribution is -2.55. The van der Waals surface area contributed by atoms with Gasteiger partial charge in [0, 0.05) is 43.7 Å². The zero-order chi connectivity index (χ0) is 30.6. The number of fused-ring (bicyclic) bond motifs is 1. The van der Waals surface area contributed by atoms with Crippen molar-refractivity contribution in [3.05, 3.63) is 53.7 Å². The number of benzene rings is 1. The van der Waals surface area contributed by atoms with Crippen LogP contribution in [0.25, 0.3) is 0 Å². The zero-order valence-electron chi connectivity index (χ0n) is 25.2. The van der Waals surface area contributed by atoms with Gasteiger partial charge in [0.05, 0.1) is 37.4 Å². The number of hydrogen-bond donors (Lipinski definition) is 0. The Bertz CT molecular complexity index is 1350. The van der Waals surface area contributed by atoms with Crippen molar-refractivity contribution < 1.29 is 18.3 Å². The normalized spacial score (nSPS) is 20.0. The van der Waals surface area contributed by atoms with E-state index in [-0.39, 0.29) is 42.0 Å². The first kappa shape index (κ1) is 30.7. The van der Waals surface area contributed by atoms with Gasteiger partial charge in [0.25, 0.3) is 0 Å². The third-order valence-corrected chi connectivity index (χ3v) is 8.89. The highest BCUT2D eigenvalue weighted by molar-refractivity contribution is 5.87. The summed E-state index contributed by atoms with van der Waals surface area (Å²) in [5.41, 5.74) is 1.54. The molecule has 1 aliphatic carbocycles. The van der Waals surface area contributed by atoms with Gasteiger partial charge in [0.1, 0.15) is 23.1 Å². The number of carbonyl (C=O) groups is 1. The molecule has 0 unspecified atom stereocenters. The highest BCUT2D eigenvalue weighted by atomic mass is 19.1. The number of para-hydroxylation sites is 1. The van der Waals surface area contributed by atoms with Crippen molar-refractivity contribution >= 4 is 17.4 Å². The van der Waals surface area contributed by atoms with E-state index in [0.29, 0.717) is 57.1 Å². The van der Waals surface area contributed by atoms with Crippen molar-refractivity contribution in [2.24, 2.45) is 5.41 Å². The molecule has 2 fully saturated rings.